The molecule has 1 N–H and O–H groups in total. The van der Waals surface area contributed by atoms with Crippen molar-refractivity contribution in [3.63, 3.8) is 0 Å². The molecule has 1 aromatic carbocycles. The highest BCUT2D eigenvalue weighted by Gasteiger charge is 2.00. The van der Waals surface area contributed by atoms with Crippen LogP contribution in [0.25, 0.3) is 0 Å². The smallest absolute Gasteiger partial charge is 0.408 e. The van der Waals surface area contributed by atoms with Gasteiger partial charge < -0.3 is 14.8 Å². The largest absolute Gasteiger partial charge is 0.467 e. The van der Waals surface area contributed by atoms with E-state index >= 15 is 0 Å². The Morgan fingerprint density at radius 2 is 1.95 bits per heavy atom. The summed E-state index contributed by atoms with van der Waals surface area (Å²) in [6.45, 7) is 0.409. The van der Waals surface area contributed by atoms with Gasteiger partial charge in [-0.15, -0.1) is 0 Å². The molecule has 0 saturated heterocycles. The summed E-state index contributed by atoms with van der Waals surface area (Å²) in [6.07, 6.45) is 2.59. The summed E-state index contributed by atoms with van der Waals surface area (Å²) in [5.41, 5.74) is 1.57. The predicted molar refractivity (Wildman–Crippen MR) is 80.1 cm³/mol. The maximum Gasteiger partial charge on any atom is 0.408 e. The number of amides is 1. The molecule has 0 unspecified atom stereocenters. The lowest BCUT2D eigenvalue weighted by atomic mass is 10.2. The van der Waals surface area contributed by atoms with Crippen LogP contribution in [0.15, 0.2) is 42.7 Å². The molecule has 0 fully saturated rings. The molecule has 1 heterocycles. The molecule has 112 valence electrons. The lowest BCUT2D eigenvalue weighted by molar-refractivity contribution is 0.141. The summed E-state index contributed by atoms with van der Waals surface area (Å²) in [4.78, 5) is 19.3. The number of alkyl carbamates (subject to hydrolysis) is 1. The van der Waals surface area contributed by atoms with Gasteiger partial charge in [-0.2, -0.15) is 0 Å². The number of aromatic nitrogens is 2. The molecule has 22 heavy (non-hydrogen) atoms. The van der Waals surface area contributed by atoms with Gasteiger partial charge in [0.15, 0.2) is 0 Å². The van der Waals surface area contributed by atoms with E-state index in [2.05, 4.69) is 27.1 Å². The Kier molecular flexibility index (Phi) is 5.76. The molecule has 6 heteroatoms. The molecular formula is C16H15N3O3. The molecular weight excluding hydrogens is 282 g/mol. The molecule has 0 bridgehead atoms. The second-order valence-electron chi connectivity index (χ2n) is 4.18. The molecule has 0 aliphatic carbocycles. The number of methoxy groups -OCH3 is 1. The fourth-order valence-corrected chi connectivity index (χ4v) is 1.52. The van der Waals surface area contributed by atoms with Crippen LogP contribution in [0.2, 0.25) is 0 Å². The number of nitrogens with one attached hydrogen (secondary N) is 1. The monoisotopic (exact) mass is 297 g/mol. The van der Waals surface area contributed by atoms with Crippen molar-refractivity contribution in [2.24, 2.45) is 0 Å². The van der Waals surface area contributed by atoms with Gasteiger partial charge in [-0.25, -0.2) is 14.8 Å². The quantitative estimate of drug-likeness (QED) is 0.871. The van der Waals surface area contributed by atoms with Crippen molar-refractivity contribution < 1.29 is 14.3 Å². The van der Waals surface area contributed by atoms with Gasteiger partial charge in [-0.3, -0.25) is 0 Å². The Bertz CT molecular complexity index is 661. The average molecular weight is 297 g/mol. The van der Waals surface area contributed by atoms with E-state index in [1.165, 1.54) is 7.11 Å². The van der Waals surface area contributed by atoms with E-state index < -0.39 is 6.09 Å². The minimum atomic E-state index is -0.510. The van der Waals surface area contributed by atoms with Crippen LogP contribution >= 0.6 is 0 Å². The molecule has 1 amide bonds. The van der Waals surface area contributed by atoms with Gasteiger partial charge in [-0.05, 0) is 5.56 Å². The molecule has 0 aliphatic heterocycles. The first-order valence-corrected chi connectivity index (χ1v) is 6.57. The molecule has 0 spiro atoms. The van der Waals surface area contributed by atoms with Crippen LogP contribution in [0, 0.1) is 11.8 Å². The number of rotatable bonds is 4. The third kappa shape index (κ3) is 5.13. The second kappa shape index (κ2) is 8.27. The Labute approximate surface area is 128 Å². The summed E-state index contributed by atoms with van der Waals surface area (Å²) < 4.78 is 9.90. The molecule has 1 aromatic heterocycles. The number of carbonyl (C=O) groups is 1. The average Bonchev–Trinajstić information content (AvgIpc) is 2.58. The first kappa shape index (κ1) is 15.3. The van der Waals surface area contributed by atoms with Crippen molar-refractivity contribution in [1.82, 2.24) is 15.3 Å². The van der Waals surface area contributed by atoms with Crippen molar-refractivity contribution in [3.8, 4) is 17.9 Å². The molecule has 0 saturated carbocycles. The summed E-state index contributed by atoms with van der Waals surface area (Å²) >= 11 is 0. The van der Waals surface area contributed by atoms with Crippen molar-refractivity contribution in [3.05, 3.63) is 53.9 Å². The zero-order chi connectivity index (χ0) is 15.6. The fourth-order valence-electron chi connectivity index (χ4n) is 1.52. The van der Waals surface area contributed by atoms with Gasteiger partial charge >= 0.3 is 12.1 Å². The Balaban J connectivity index is 1.71. The van der Waals surface area contributed by atoms with Crippen LogP contribution < -0.4 is 10.1 Å². The van der Waals surface area contributed by atoms with Gasteiger partial charge in [0.25, 0.3) is 0 Å². The number of carbonyl (C=O) groups excluding carboxylic acids is 1. The number of nitrogens with zero attached hydrogens (tertiary/aromatic N) is 2. The van der Waals surface area contributed by atoms with E-state index in [0.29, 0.717) is 5.56 Å². The van der Waals surface area contributed by atoms with Gasteiger partial charge in [-0.1, -0.05) is 42.2 Å². The van der Waals surface area contributed by atoms with E-state index in [9.17, 15) is 4.79 Å². The lowest BCUT2D eigenvalue weighted by Crippen LogP contribution is -2.24. The molecule has 0 radical (unpaired) electrons. The van der Waals surface area contributed by atoms with Crippen molar-refractivity contribution in [2.45, 2.75) is 6.61 Å². The van der Waals surface area contributed by atoms with E-state index in [-0.39, 0.29) is 19.2 Å². The van der Waals surface area contributed by atoms with Crippen LogP contribution in [0.3, 0.4) is 0 Å². The van der Waals surface area contributed by atoms with Gasteiger partial charge in [0.2, 0.25) is 0 Å². The highest BCUT2D eigenvalue weighted by molar-refractivity contribution is 5.67. The standard InChI is InChI=1S/C16H15N3O3/c1-21-15-18-10-14(11-19-15)8-5-9-17-16(20)22-12-13-6-3-2-4-7-13/h2-4,6-7,10-11H,9,12H2,1H3,(H,17,20). The minimum absolute atomic E-state index is 0.180. The molecule has 0 aliphatic rings. The first-order valence-electron chi connectivity index (χ1n) is 6.57. The summed E-state index contributed by atoms with van der Waals surface area (Å²) in [5, 5.41) is 2.55. The first-order chi connectivity index (χ1) is 10.8. The molecule has 2 aromatic rings. The Morgan fingerprint density at radius 1 is 1.23 bits per heavy atom. The summed E-state index contributed by atoms with van der Waals surface area (Å²) in [5.74, 6) is 5.61. The van der Waals surface area contributed by atoms with Crippen molar-refractivity contribution in [2.75, 3.05) is 13.7 Å². The third-order valence-corrected chi connectivity index (χ3v) is 2.58. The number of ether oxygens (including phenoxy) is 2. The highest BCUT2D eigenvalue weighted by Crippen LogP contribution is 2.00. The number of hydrogen-bond acceptors (Lipinski definition) is 5. The van der Waals surface area contributed by atoms with Gasteiger partial charge in [0.05, 0.1) is 19.2 Å². The zero-order valence-corrected chi connectivity index (χ0v) is 12.1. The second-order valence-corrected chi connectivity index (χ2v) is 4.18. The highest BCUT2D eigenvalue weighted by atomic mass is 16.5. The maximum absolute atomic E-state index is 11.5. The van der Waals surface area contributed by atoms with Gasteiger partial charge in [0, 0.05) is 12.4 Å². The zero-order valence-electron chi connectivity index (χ0n) is 12.1. The van der Waals surface area contributed by atoms with Crippen LogP contribution in [0.5, 0.6) is 6.01 Å². The molecule has 6 nitrogen and oxygen atoms in total. The minimum Gasteiger partial charge on any atom is -0.467 e. The van der Waals surface area contributed by atoms with E-state index in [1.807, 2.05) is 30.3 Å². The molecule has 2 rings (SSSR count). The normalized spacial score (nSPS) is 9.32. The lowest BCUT2D eigenvalue weighted by Gasteiger charge is -2.04. The van der Waals surface area contributed by atoms with Crippen LogP contribution in [0.4, 0.5) is 4.79 Å². The van der Waals surface area contributed by atoms with Gasteiger partial charge in [0.1, 0.15) is 6.61 Å². The predicted octanol–water partition coefficient (Wildman–Crippen LogP) is 1.76. The van der Waals surface area contributed by atoms with E-state index in [1.54, 1.807) is 12.4 Å². The topological polar surface area (TPSA) is 73.3 Å². The Morgan fingerprint density at radius 3 is 2.64 bits per heavy atom. The van der Waals surface area contributed by atoms with Crippen LogP contribution in [-0.2, 0) is 11.3 Å². The number of benzene rings is 1. The Hall–Kier alpha value is -3.07. The van der Waals surface area contributed by atoms with E-state index in [4.69, 9.17) is 9.47 Å². The molecule has 0 atom stereocenters. The maximum atomic E-state index is 11.5. The SMILES string of the molecule is COc1ncc(C#CCNC(=O)OCc2ccccc2)cn1. The third-order valence-electron chi connectivity index (χ3n) is 2.58. The van der Waals surface area contributed by atoms with Crippen molar-refractivity contribution >= 4 is 6.09 Å². The summed E-state index contributed by atoms with van der Waals surface area (Å²) in [7, 11) is 1.49. The number of hydrogen-bond donors (Lipinski definition) is 1. The van der Waals surface area contributed by atoms with Crippen molar-refractivity contribution in [1.29, 1.82) is 0 Å². The van der Waals surface area contributed by atoms with Crippen LogP contribution in [0.1, 0.15) is 11.1 Å². The van der Waals surface area contributed by atoms with E-state index in [0.717, 1.165) is 5.56 Å². The summed E-state index contributed by atoms with van der Waals surface area (Å²) in [6, 6.07) is 9.74. The van der Waals surface area contributed by atoms with Crippen LogP contribution in [-0.4, -0.2) is 29.7 Å². The fraction of sp³-hybridized carbons (Fsp3) is 0.188.